The number of benzene rings is 1. The lowest BCUT2D eigenvalue weighted by Crippen LogP contribution is -2.41. The van der Waals surface area contributed by atoms with E-state index in [9.17, 15) is 8.42 Å². The van der Waals surface area contributed by atoms with Crippen molar-refractivity contribution >= 4 is 10.0 Å². The van der Waals surface area contributed by atoms with E-state index < -0.39 is 10.0 Å². The fourth-order valence-electron chi connectivity index (χ4n) is 3.15. The molecule has 2 saturated heterocycles. The second kappa shape index (κ2) is 6.44. The number of ether oxygens (including phenoxy) is 1. The standard InChI is InChI=1S/C15H22N2O3S/c18-21(19,15-4-2-1-3-5-15)16-13-6-9-17(12-13)14-7-10-20-11-8-14/h1-5,13-14,16H,6-12H2. The average molecular weight is 310 g/mol. The number of nitrogens with one attached hydrogen (secondary N) is 1. The number of hydrogen-bond donors (Lipinski definition) is 1. The molecule has 21 heavy (non-hydrogen) atoms. The summed E-state index contributed by atoms with van der Waals surface area (Å²) < 4.78 is 32.9. The quantitative estimate of drug-likeness (QED) is 0.908. The Hall–Kier alpha value is -0.950. The van der Waals surface area contributed by atoms with E-state index in [0.29, 0.717) is 10.9 Å². The summed E-state index contributed by atoms with van der Waals surface area (Å²) in [6, 6.07) is 9.14. The minimum atomic E-state index is -3.40. The summed E-state index contributed by atoms with van der Waals surface area (Å²) in [7, 11) is -3.40. The Morgan fingerprint density at radius 2 is 1.81 bits per heavy atom. The molecule has 0 amide bonds. The first kappa shape index (κ1) is 15.0. The molecule has 2 fully saturated rings. The highest BCUT2D eigenvalue weighted by Crippen LogP contribution is 2.21. The van der Waals surface area contributed by atoms with Gasteiger partial charge in [0, 0.05) is 38.4 Å². The van der Waals surface area contributed by atoms with Crippen LogP contribution in [-0.2, 0) is 14.8 Å². The Kier molecular flexibility index (Phi) is 4.59. The minimum Gasteiger partial charge on any atom is -0.381 e. The van der Waals surface area contributed by atoms with Gasteiger partial charge in [0.05, 0.1) is 4.90 Å². The zero-order chi connectivity index (χ0) is 14.7. The fraction of sp³-hybridized carbons (Fsp3) is 0.600. The second-order valence-electron chi connectivity index (χ2n) is 5.76. The molecule has 0 aliphatic carbocycles. The van der Waals surface area contributed by atoms with Crippen LogP contribution in [0.15, 0.2) is 35.2 Å². The average Bonchev–Trinajstić information content (AvgIpc) is 2.97. The van der Waals surface area contributed by atoms with Gasteiger partial charge in [-0.3, -0.25) is 4.90 Å². The lowest BCUT2D eigenvalue weighted by Gasteiger charge is -2.31. The molecule has 0 aromatic heterocycles. The van der Waals surface area contributed by atoms with Crippen molar-refractivity contribution in [1.82, 2.24) is 9.62 Å². The number of likely N-dealkylation sites (tertiary alicyclic amines) is 1. The van der Waals surface area contributed by atoms with Crippen LogP contribution in [0.5, 0.6) is 0 Å². The third-order valence-corrected chi connectivity index (χ3v) is 5.84. The third kappa shape index (κ3) is 3.63. The van der Waals surface area contributed by atoms with Crippen LogP contribution in [-0.4, -0.2) is 51.7 Å². The highest BCUT2D eigenvalue weighted by molar-refractivity contribution is 7.89. The van der Waals surface area contributed by atoms with Crippen LogP contribution in [0.3, 0.4) is 0 Å². The first-order chi connectivity index (χ1) is 10.1. The molecule has 2 aliphatic rings. The molecule has 5 nitrogen and oxygen atoms in total. The first-order valence-corrected chi connectivity index (χ1v) is 9.03. The number of nitrogens with zero attached hydrogens (tertiary/aromatic N) is 1. The van der Waals surface area contributed by atoms with Crippen molar-refractivity contribution in [2.24, 2.45) is 0 Å². The summed E-state index contributed by atoms with van der Waals surface area (Å²) in [5.41, 5.74) is 0. The van der Waals surface area contributed by atoms with Crippen LogP contribution in [0.25, 0.3) is 0 Å². The molecule has 2 heterocycles. The van der Waals surface area contributed by atoms with Crippen LogP contribution in [0.4, 0.5) is 0 Å². The van der Waals surface area contributed by atoms with Crippen LogP contribution >= 0.6 is 0 Å². The minimum absolute atomic E-state index is 0.0121. The molecule has 0 bridgehead atoms. The lowest BCUT2D eigenvalue weighted by atomic mass is 10.1. The molecule has 116 valence electrons. The summed E-state index contributed by atoms with van der Waals surface area (Å²) in [6.07, 6.45) is 2.99. The number of hydrogen-bond acceptors (Lipinski definition) is 4. The smallest absolute Gasteiger partial charge is 0.240 e. The van der Waals surface area contributed by atoms with Gasteiger partial charge in [-0.05, 0) is 31.4 Å². The van der Waals surface area contributed by atoms with Gasteiger partial charge in [-0.25, -0.2) is 13.1 Å². The molecule has 0 spiro atoms. The summed E-state index contributed by atoms with van der Waals surface area (Å²) in [6.45, 7) is 3.41. The predicted molar refractivity (Wildman–Crippen MR) is 80.6 cm³/mol. The van der Waals surface area contributed by atoms with Gasteiger partial charge in [-0.2, -0.15) is 0 Å². The molecular formula is C15H22N2O3S. The summed E-state index contributed by atoms with van der Waals surface area (Å²) in [5.74, 6) is 0. The van der Waals surface area contributed by atoms with Crippen molar-refractivity contribution in [3.05, 3.63) is 30.3 Å². The van der Waals surface area contributed by atoms with Gasteiger partial charge in [0.15, 0.2) is 0 Å². The van der Waals surface area contributed by atoms with E-state index in [-0.39, 0.29) is 6.04 Å². The number of sulfonamides is 1. The fourth-order valence-corrected chi connectivity index (χ4v) is 4.44. The number of rotatable bonds is 4. The maximum atomic E-state index is 12.3. The summed E-state index contributed by atoms with van der Waals surface area (Å²) >= 11 is 0. The van der Waals surface area contributed by atoms with Crippen molar-refractivity contribution in [3.8, 4) is 0 Å². The van der Waals surface area contributed by atoms with E-state index in [4.69, 9.17) is 4.74 Å². The Bertz CT molecular complexity index is 556. The van der Waals surface area contributed by atoms with Crippen LogP contribution in [0.2, 0.25) is 0 Å². The topological polar surface area (TPSA) is 58.6 Å². The highest BCUT2D eigenvalue weighted by Gasteiger charge is 2.31. The summed E-state index contributed by atoms with van der Waals surface area (Å²) in [5, 5.41) is 0. The van der Waals surface area contributed by atoms with E-state index in [0.717, 1.165) is 45.6 Å². The van der Waals surface area contributed by atoms with Crippen molar-refractivity contribution < 1.29 is 13.2 Å². The van der Waals surface area contributed by atoms with E-state index in [2.05, 4.69) is 9.62 Å². The zero-order valence-corrected chi connectivity index (χ0v) is 12.9. The first-order valence-electron chi connectivity index (χ1n) is 7.54. The Morgan fingerprint density at radius 1 is 1.10 bits per heavy atom. The molecule has 2 aliphatic heterocycles. The van der Waals surface area contributed by atoms with Gasteiger partial charge in [-0.15, -0.1) is 0 Å². The molecule has 6 heteroatoms. The Labute approximate surface area is 126 Å². The SMILES string of the molecule is O=S(=O)(NC1CCN(C2CCOCC2)C1)c1ccccc1. The van der Waals surface area contributed by atoms with Crippen molar-refractivity contribution in [3.63, 3.8) is 0 Å². The van der Waals surface area contributed by atoms with Crippen LogP contribution in [0.1, 0.15) is 19.3 Å². The molecular weight excluding hydrogens is 288 g/mol. The van der Waals surface area contributed by atoms with Gasteiger partial charge in [-0.1, -0.05) is 18.2 Å². The monoisotopic (exact) mass is 310 g/mol. The van der Waals surface area contributed by atoms with Gasteiger partial charge in [0.1, 0.15) is 0 Å². The van der Waals surface area contributed by atoms with E-state index in [1.54, 1.807) is 24.3 Å². The van der Waals surface area contributed by atoms with Gasteiger partial charge in [0.25, 0.3) is 0 Å². The zero-order valence-electron chi connectivity index (χ0n) is 12.1. The van der Waals surface area contributed by atoms with Crippen molar-refractivity contribution in [2.75, 3.05) is 26.3 Å². The van der Waals surface area contributed by atoms with Gasteiger partial charge < -0.3 is 4.74 Å². The molecule has 1 N–H and O–H groups in total. The Balaban J connectivity index is 1.59. The maximum absolute atomic E-state index is 12.3. The normalized spacial score (nSPS) is 25.2. The lowest BCUT2D eigenvalue weighted by molar-refractivity contribution is 0.0418. The molecule has 0 saturated carbocycles. The largest absolute Gasteiger partial charge is 0.381 e. The molecule has 1 aromatic rings. The second-order valence-corrected chi connectivity index (χ2v) is 7.47. The molecule has 1 atom stereocenters. The highest BCUT2D eigenvalue weighted by atomic mass is 32.2. The molecule has 1 unspecified atom stereocenters. The third-order valence-electron chi connectivity index (χ3n) is 4.30. The van der Waals surface area contributed by atoms with E-state index in [1.165, 1.54) is 0 Å². The Morgan fingerprint density at radius 3 is 2.52 bits per heavy atom. The molecule has 3 rings (SSSR count). The maximum Gasteiger partial charge on any atom is 0.240 e. The van der Waals surface area contributed by atoms with Gasteiger partial charge in [0.2, 0.25) is 10.0 Å². The molecule has 0 radical (unpaired) electrons. The van der Waals surface area contributed by atoms with Crippen LogP contribution in [0, 0.1) is 0 Å². The van der Waals surface area contributed by atoms with E-state index in [1.807, 2.05) is 6.07 Å². The van der Waals surface area contributed by atoms with E-state index >= 15 is 0 Å². The van der Waals surface area contributed by atoms with Crippen molar-refractivity contribution in [2.45, 2.75) is 36.2 Å². The van der Waals surface area contributed by atoms with Crippen LogP contribution < -0.4 is 4.72 Å². The summed E-state index contributed by atoms with van der Waals surface area (Å²) in [4.78, 5) is 2.75. The predicted octanol–water partition coefficient (Wildman–Crippen LogP) is 1.22. The van der Waals surface area contributed by atoms with Gasteiger partial charge >= 0.3 is 0 Å². The molecule has 1 aromatic carbocycles. The van der Waals surface area contributed by atoms with Crippen molar-refractivity contribution in [1.29, 1.82) is 0 Å².